The molecule has 2 aromatic rings. The third kappa shape index (κ3) is 5.77. The summed E-state index contributed by atoms with van der Waals surface area (Å²) < 4.78 is 17.3. The SMILES string of the molecule is CCOc1cc(/C=C2\SC(=N)NC2=O)ccc1OCCOc1cc(C)cc(C)c1. The number of hydrogen-bond donors (Lipinski definition) is 2. The van der Waals surface area contributed by atoms with Crippen LogP contribution in [0.3, 0.4) is 0 Å². The molecule has 0 atom stereocenters. The first-order chi connectivity index (χ1) is 13.9. The number of rotatable bonds is 8. The fourth-order valence-corrected chi connectivity index (χ4v) is 3.62. The van der Waals surface area contributed by atoms with Gasteiger partial charge in [-0.1, -0.05) is 12.1 Å². The monoisotopic (exact) mass is 412 g/mol. The molecule has 0 radical (unpaired) electrons. The summed E-state index contributed by atoms with van der Waals surface area (Å²) in [6, 6.07) is 11.6. The highest BCUT2D eigenvalue weighted by Gasteiger charge is 2.22. The molecule has 0 saturated carbocycles. The number of carbonyl (C=O) groups is 1. The minimum atomic E-state index is -0.262. The second-order valence-corrected chi connectivity index (χ2v) is 7.61. The number of amidine groups is 1. The molecule has 0 unspecified atom stereocenters. The van der Waals surface area contributed by atoms with Gasteiger partial charge in [-0.25, -0.2) is 0 Å². The quantitative estimate of drug-likeness (QED) is 0.499. The summed E-state index contributed by atoms with van der Waals surface area (Å²) in [5.74, 6) is 1.79. The van der Waals surface area contributed by atoms with Crippen LogP contribution in [0.15, 0.2) is 41.3 Å². The Morgan fingerprint density at radius 2 is 1.72 bits per heavy atom. The average Bonchev–Trinajstić information content (AvgIpc) is 2.96. The Morgan fingerprint density at radius 1 is 1.00 bits per heavy atom. The fourth-order valence-electron chi connectivity index (χ4n) is 2.92. The second-order valence-electron chi connectivity index (χ2n) is 6.55. The molecule has 2 aromatic carbocycles. The molecule has 1 saturated heterocycles. The summed E-state index contributed by atoms with van der Waals surface area (Å²) in [5.41, 5.74) is 3.13. The number of benzene rings is 2. The van der Waals surface area contributed by atoms with Crippen molar-refractivity contribution in [2.75, 3.05) is 19.8 Å². The molecular weight excluding hydrogens is 388 g/mol. The van der Waals surface area contributed by atoms with Crippen molar-refractivity contribution in [1.29, 1.82) is 5.41 Å². The Morgan fingerprint density at radius 3 is 2.38 bits per heavy atom. The minimum Gasteiger partial charge on any atom is -0.490 e. The molecule has 1 heterocycles. The van der Waals surface area contributed by atoms with Crippen LogP contribution in [-0.2, 0) is 4.79 Å². The van der Waals surface area contributed by atoms with Crippen molar-refractivity contribution in [2.24, 2.45) is 0 Å². The Balaban J connectivity index is 1.63. The topological polar surface area (TPSA) is 80.6 Å². The third-order valence-corrected chi connectivity index (χ3v) is 4.86. The van der Waals surface area contributed by atoms with Crippen molar-refractivity contribution in [1.82, 2.24) is 5.32 Å². The van der Waals surface area contributed by atoms with Gasteiger partial charge in [0.2, 0.25) is 0 Å². The van der Waals surface area contributed by atoms with E-state index in [0.717, 1.165) is 34.2 Å². The van der Waals surface area contributed by atoms with Gasteiger partial charge in [0.1, 0.15) is 19.0 Å². The van der Waals surface area contributed by atoms with Crippen molar-refractivity contribution in [3.8, 4) is 17.2 Å². The maximum Gasteiger partial charge on any atom is 0.264 e. The lowest BCUT2D eigenvalue weighted by Gasteiger charge is -2.13. The van der Waals surface area contributed by atoms with Crippen LogP contribution in [-0.4, -0.2) is 30.9 Å². The fraction of sp³-hybridized carbons (Fsp3) is 0.273. The average molecular weight is 413 g/mol. The van der Waals surface area contributed by atoms with Crippen molar-refractivity contribution in [3.05, 3.63) is 58.0 Å². The summed E-state index contributed by atoms with van der Waals surface area (Å²) in [6.45, 7) is 7.27. The summed E-state index contributed by atoms with van der Waals surface area (Å²) in [7, 11) is 0. The zero-order valence-electron chi connectivity index (χ0n) is 16.7. The largest absolute Gasteiger partial charge is 0.490 e. The standard InChI is InChI=1S/C22H24N2O4S/c1-4-26-19-12-16(13-20-21(25)24-22(23)29-20)5-6-18(19)28-8-7-27-17-10-14(2)9-15(3)11-17/h5-6,9-13H,4,7-8H2,1-3H3,(H2,23,24,25)/b20-13-. The van der Waals surface area contributed by atoms with E-state index in [-0.39, 0.29) is 11.1 Å². The number of hydrogen-bond acceptors (Lipinski definition) is 6. The van der Waals surface area contributed by atoms with E-state index in [1.54, 1.807) is 6.08 Å². The van der Waals surface area contributed by atoms with Crippen LogP contribution in [0.25, 0.3) is 6.08 Å². The molecule has 0 aromatic heterocycles. The van der Waals surface area contributed by atoms with Crippen molar-refractivity contribution < 1.29 is 19.0 Å². The molecule has 6 nitrogen and oxygen atoms in total. The summed E-state index contributed by atoms with van der Waals surface area (Å²) in [6.07, 6.45) is 1.73. The van der Waals surface area contributed by atoms with E-state index in [0.29, 0.717) is 36.2 Å². The number of carbonyl (C=O) groups excluding carboxylic acids is 1. The number of thioether (sulfide) groups is 1. The number of aryl methyl sites for hydroxylation is 2. The maximum atomic E-state index is 11.8. The van der Waals surface area contributed by atoms with Crippen LogP contribution in [0.5, 0.6) is 17.2 Å². The lowest BCUT2D eigenvalue weighted by atomic mass is 10.1. The van der Waals surface area contributed by atoms with E-state index in [1.807, 2.05) is 51.1 Å². The summed E-state index contributed by atoms with van der Waals surface area (Å²) >= 11 is 1.10. The maximum absolute atomic E-state index is 11.8. The molecule has 0 aliphatic carbocycles. The van der Waals surface area contributed by atoms with Crippen molar-refractivity contribution in [2.45, 2.75) is 20.8 Å². The molecule has 1 amide bonds. The van der Waals surface area contributed by atoms with Gasteiger partial charge in [-0.05, 0) is 79.6 Å². The van der Waals surface area contributed by atoms with Gasteiger partial charge in [-0.3, -0.25) is 10.2 Å². The van der Waals surface area contributed by atoms with Gasteiger partial charge >= 0.3 is 0 Å². The van der Waals surface area contributed by atoms with Crippen LogP contribution in [0, 0.1) is 19.3 Å². The Labute approximate surface area is 174 Å². The molecule has 2 N–H and O–H groups in total. The molecular formula is C22H24N2O4S. The van der Waals surface area contributed by atoms with Crippen molar-refractivity contribution >= 4 is 28.9 Å². The molecule has 1 aliphatic rings. The van der Waals surface area contributed by atoms with Crippen molar-refractivity contribution in [3.63, 3.8) is 0 Å². The Bertz CT molecular complexity index is 936. The molecule has 1 aliphatic heterocycles. The highest BCUT2D eigenvalue weighted by Crippen LogP contribution is 2.31. The smallest absolute Gasteiger partial charge is 0.264 e. The first kappa shape index (κ1) is 20.8. The second kappa shape index (κ2) is 9.52. The van der Waals surface area contributed by atoms with E-state index >= 15 is 0 Å². The van der Waals surface area contributed by atoms with Gasteiger partial charge < -0.3 is 19.5 Å². The van der Waals surface area contributed by atoms with E-state index in [4.69, 9.17) is 19.6 Å². The molecule has 29 heavy (non-hydrogen) atoms. The summed E-state index contributed by atoms with van der Waals surface area (Å²) in [5, 5.41) is 10.1. The normalized spacial score (nSPS) is 14.8. The van der Waals surface area contributed by atoms with Gasteiger partial charge in [-0.15, -0.1) is 0 Å². The van der Waals surface area contributed by atoms with Gasteiger partial charge in [0.15, 0.2) is 16.7 Å². The van der Waals surface area contributed by atoms with E-state index in [2.05, 4.69) is 11.4 Å². The Hall–Kier alpha value is -2.93. The van der Waals surface area contributed by atoms with Crippen LogP contribution >= 0.6 is 11.8 Å². The predicted molar refractivity (Wildman–Crippen MR) is 116 cm³/mol. The van der Waals surface area contributed by atoms with Gasteiger partial charge in [0, 0.05) is 0 Å². The lowest BCUT2D eigenvalue weighted by molar-refractivity contribution is -0.115. The van der Waals surface area contributed by atoms with E-state index < -0.39 is 0 Å². The van der Waals surface area contributed by atoms with Crippen LogP contribution in [0.2, 0.25) is 0 Å². The van der Waals surface area contributed by atoms with Gasteiger partial charge in [0.25, 0.3) is 5.91 Å². The Kier molecular flexibility index (Phi) is 6.82. The highest BCUT2D eigenvalue weighted by atomic mass is 32.2. The number of nitrogens with one attached hydrogen (secondary N) is 2. The zero-order chi connectivity index (χ0) is 20.8. The van der Waals surface area contributed by atoms with Crippen LogP contribution < -0.4 is 19.5 Å². The van der Waals surface area contributed by atoms with E-state index in [9.17, 15) is 4.79 Å². The molecule has 3 rings (SSSR count). The number of amides is 1. The molecule has 1 fully saturated rings. The van der Waals surface area contributed by atoms with Crippen LogP contribution in [0.4, 0.5) is 0 Å². The van der Waals surface area contributed by atoms with E-state index in [1.165, 1.54) is 0 Å². The highest BCUT2D eigenvalue weighted by molar-refractivity contribution is 8.18. The molecule has 0 spiro atoms. The first-order valence-corrected chi connectivity index (χ1v) is 10.2. The minimum absolute atomic E-state index is 0.134. The molecule has 0 bridgehead atoms. The third-order valence-electron chi connectivity index (χ3n) is 4.03. The predicted octanol–water partition coefficient (Wildman–Crippen LogP) is 4.30. The zero-order valence-corrected chi connectivity index (χ0v) is 17.5. The molecule has 152 valence electrons. The first-order valence-electron chi connectivity index (χ1n) is 9.35. The van der Waals surface area contributed by atoms with Gasteiger partial charge in [-0.2, -0.15) is 0 Å². The number of ether oxygens (including phenoxy) is 3. The lowest BCUT2D eigenvalue weighted by Crippen LogP contribution is -2.18. The molecule has 7 heteroatoms. The van der Waals surface area contributed by atoms with Crippen LogP contribution in [0.1, 0.15) is 23.6 Å². The summed E-state index contributed by atoms with van der Waals surface area (Å²) in [4.78, 5) is 12.3. The van der Waals surface area contributed by atoms with Gasteiger partial charge in [0.05, 0.1) is 11.5 Å².